The van der Waals surface area contributed by atoms with Gasteiger partial charge < -0.3 is 24.8 Å². The summed E-state index contributed by atoms with van der Waals surface area (Å²) in [4.78, 5) is 0. The molecule has 0 bridgehead atoms. The molecule has 3 heteroatoms. The van der Waals surface area contributed by atoms with E-state index in [1.165, 1.54) is 55.6 Å². The summed E-state index contributed by atoms with van der Waals surface area (Å²) in [6.45, 7) is 28.1. The minimum Gasteiger partial charge on any atom is -1.00 e. The van der Waals surface area contributed by atoms with E-state index in [1.54, 1.807) is 17.6 Å². The monoisotopic (exact) mass is 780 g/mol. The molecule has 4 aromatic carbocycles. The SMILES string of the molecule is Cc1cc2c(cc1C(C)(C)C)-c1cc(C(C)(C)C)c(C)cc1[CH]2[Zr+2]([C]1=CC=CC1)=[C](c1ccc(C(C)C)cc1)c1ccc(C(C)C)cc1.[Cl-].[Cl-]. The van der Waals surface area contributed by atoms with Crippen molar-refractivity contribution in [3.8, 4) is 11.1 Å². The van der Waals surface area contributed by atoms with E-state index in [0.29, 0.717) is 15.5 Å². The molecule has 0 aromatic heterocycles. The van der Waals surface area contributed by atoms with Gasteiger partial charge in [0.15, 0.2) is 0 Å². The first kappa shape index (κ1) is 40.5. The molecule has 0 saturated heterocycles. The van der Waals surface area contributed by atoms with Gasteiger partial charge in [0, 0.05) is 0 Å². The van der Waals surface area contributed by atoms with E-state index in [9.17, 15) is 0 Å². The van der Waals surface area contributed by atoms with Crippen molar-refractivity contribution >= 4 is 3.21 Å². The van der Waals surface area contributed by atoms with Crippen molar-refractivity contribution in [1.82, 2.24) is 0 Å². The first-order valence-electron chi connectivity index (χ1n) is 18.2. The van der Waals surface area contributed by atoms with Crippen LogP contribution in [0, 0.1) is 13.8 Å². The first-order chi connectivity index (χ1) is 22.6. The molecule has 0 radical (unpaired) electrons. The van der Waals surface area contributed by atoms with Crippen molar-refractivity contribution < 1.29 is 46.1 Å². The van der Waals surface area contributed by atoms with E-state index >= 15 is 0 Å². The smallest absolute Gasteiger partial charge is 1.00 e. The largest absolute Gasteiger partial charge is 1.00 e. The van der Waals surface area contributed by atoms with Crippen LogP contribution in [-0.2, 0) is 32.1 Å². The normalized spacial score (nSPS) is 13.7. The second-order valence-corrected chi connectivity index (χ2v) is 23.4. The summed E-state index contributed by atoms with van der Waals surface area (Å²) >= 11 is -2.77. The van der Waals surface area contributed by atoms with Crippen LogP contribution in [-0.4, -0.2) is 3.21 Å². The Morgan fingerprint density at radius 2 is 1.02 bits per heavy atom. The van der Waals surface area contributed by atoms with Gasteiger partial charge in [-0.1, -0.05) is 0 Å². The van der Waals surface area contributed by atoms with Crippen LogP contribution in [0.3, 0.4) is 0 Å². The summed E-state index contributed by atoms with van der Waals surface area (Å²) in [5, 5.41) is 0. The Labute approximate surface area is 323 Å². The predicted octanol–water partition coefficient (Wildman–Crippen LogP) is 6.95. The van der Waals surface area contributed by atoms with Crippen LogP contribution in [0.25, 0.3) is 11.1 Å². The Bertz CT molecular complexity index is 1830. The third-order valence-corrected chi connectivity index (χ3v) is 19.0. The summed E-state index contributed by atoms with van der Waals surface area (Å²) in [6, 6.07) is 29.7. The molecule has 50 heavy (non-hydrogen) atoms. The Morgan fingerprint density at radius 3 is 1.34 bits per heavy atom. The van der Waals surface area contributed by atoms with Crippen LogP contribution in [0.1, 0.15) is 147 Å². The number of rotatable bonds is 6. The molecule has 2 aliphatic carbocycles. The molecule has 0 heterocycles. The van der Waals surface area contributed by atoms with E-state index in [2.05, 4.69) is 174 Å². The van der Waals surface area contributed by atoms with E-state index in [1.807, 2.05) is 0 Å². The van der Waals surface area contributed by atoms with Gasteiger partial charge in [-0.15, -0.1) is 0 Å². The van der Waals surface area contributed by atoms with Crippen molar-refractivity contribution in [2.24, 2.45) is 0 Å². The van der Waals surface area contributed by atoms with Gasteiger partial charge in [0.25, 0.3) is 0 Å². The molecule has 0 N–H and O–H groups in total. The zero-order chi connectivity index (χ0) is 34.7. The maximum atomic E-state index is 2.61. The van der Waals surface area contributed by atoms with Gasteiger partial charge in [-0.2, -0.15) is 0 Å². The van der Waals surface area contributed by atoms with Crippen LogP contribution >= 0.6 is 0 Å². The number of halogens is 2. The van der Waals surface area contributed by atoms with Gasteiger partial charge in [0.2, 0.25) is 0 Å². The Morgan fingerprint density at radius 1 is 0.620 bits per heavy atom. The minimum atomic E-state index is -2.77. The first-order valence-corrected chi connectivity index (χ1v) is 22.0. The van der Waals surface area contributed by atoms with E-state index in [-0.39, 0.29) is 35.6 Å². The summed E-state index contributed by atoms with van der Waals surface area (Å²) in [5.41, 5.74) is 17.7. The quantitative estimate of drug-likeness (QED) is 0.199. The van der Waals surface area contributed by atoms with Crippen molar-refractivity contribution in [2.75, 3.05) is 0 Å². The Kier molecular flexibility index (Phi) is 12.4. The second-order valence-electron chi connectivity index (χ2n) is 17.1. The topological polar surface area (TPSA) is 0 Å². The number of aryl methyl sites for hydroxylation is 2. The fourth-order valence-corrected chi connectivity index (χ4v) is 17.2. The number of allylic oxidation sites excluding steroid dienone is 4. The Balaban J connectivity index is 0.00000281. The standard InChI is InChI=1S/C23H29.C19H22.C5H5.2ClH.Zr/c1-14-9-16-11-17-10-15(2)21(23(6,7)8)13-19(17)18(16)12-20(14)22(3,4)5;1-14(2)18-9-5-16(6-10-18)13-17-7-11-19(12-8-17)15(3)4;1-2-4-5-3-1;;;/h9-13H,1-8H3;5-12,14-15H,1-4H3;1-3H,4H2;2*1H;/q;;;;;+2/p-2. The van der Waals surface area contributed by atoms with Crippen molar-refractivity contribution in [3.63, 3.8) is 0 Å². The van der Waals surface area contributed by atoms with E-state index in [0.717, 1.165) is 6.42 Å². The van der Waals surface area contributed by atoms with E-state index < -0.39 is 21.3 Å². The van der Waals surface area contributed by atoms with Crippen molar-refractivity contribution in [1.29, 1.82) is 0 Å². The summed E-state index contributed by atoms with van der Waals surface area (Å²) < 4.78 is 3.75. The third-order valence-electron chi connectivity index (χ3n) is 10.7. The molecular weight excluding hydrogens is 727 g/mol. The number of fused-ring (bicyclic) bond motifs is 3. The molecule has 0 amide bonds. The Hall–Kier alpha value is -2.31. The van der Waals surface area contributed by atoms with Crippen molar-refractivity contribution in [2.45, 2.75) is 116 Å². The fraction of sp³-hybridized carbons (Fsp3) is 0.383. The van der Waals surface area contributed by atoms with Crippen LogP contribution in [0.15, 0.2) is 94.3 Å². The van der Waals surface area contributed by atoms with Gasteiger partial charge in [0.05, 0.1) is 0 Å². The molecular formula is C47H56Cl2Zr. The third kappa shape index (κ3) is 7.73. The van der Waals surface area contributed by atoms with Crippen LogP contribution < -0.4 is 24.8 Å². The number of benzene rings is 4. The summed E-state index contributed by atoms with van der Waals surface area (Å²) in [7, 11) is 0. The molecule has 0 aliphatic heterocycles. The molecule has 6 rings (SSSR count). The van der Waals surface area contributed by atoms with Gasteiger partial charge in [-0.3, -0.25) is 0 Å². The van der Waals surface area contributed by atoms with Gasteiger partial charge in [-0.05, 0) is 0 Å². The average molecular weight is 783 g/mol. The van der Waals surface area contributed by atoms with Crippen LogP contribution in [0.5, 0.6) is 0 Å². The average Bonchev–Trinajstić information content (AvgIpc) is 3.64. The van der Waals surface area contributed by atoms with Gasteiger partial charge >= 0.3 is 301 Å². The fourth-order valence-electron chi connectivity index (χ4n) is 8.18. The molecule has 0 nitrogen and oxygen atoms in total. The van der Waals surface area contributed by atoms with Crippen LogP contribution in [0.2, 0.25) is 0 Å². The predicted molar refractivity (Wildman–Crippen MR) is 207 cm³/mol. The van der Waals surface area contributed by atoms with E-state index in [4.69, 9.17) is 0 Å². The summed E-state index contributed by atoms with van der Waals surface area (Å²) in [6.07, 6.45) is 8.31. The molecule has 2 aliphatic rings. The maximum Gasteiger partial charge on any atom is -1.00 e. The molecule has 0 spiro atoms. The zero-order valence-corrected chi connectivity index (χ0v) is 36.3. The maximum absolute atomic E-state index is 2.77. The number of hydrogen-bond acceptors (Lipinski definition) is 0. The molecule has 0 atom stereocenters. The molecule has 0 saturated carbocycles. The van der Waals surface area contributed by atoms with Crippen LogP contribution in [0.4, 0.5) is 0 Å². The minimum absolute atomic E-state index is 0. The zero-order valence-electron chi connectivity index (χ0n) is 32.4. The molecule has 0 fully saturated rings. The molecule has 0 unspecified atom stereocenters. The molecule has 4 aromatic rings. The van der Waals surface area contributed by atoms with Crippen molar-refractivity contribution in [3.05, 3.63) is 150 Å². The second kappa shape index (κ2) is 15.4. The molecule has 262 valence electrons. The number of hydrogen-bond donors (Lipinski definition) is 0. The summed E-state index contributed by atoms with van der Waals surface area (Å²) in [5.74, 6) is 1.03. The van der Waals surface area contributed by atoms with Gasteiger partial charge in [0.1, 0.15) is 0 Å². The van der Waals surface area contributed by atoms with Gasteiger partial charge in [-0.25, -0.2) is 0 Å².